The van der Waals surface area contributed by atoms with Crippen molar-refractivity contribution in [1.29, 1.82) is 0 Å². The molecular weight excluding hydrogens is 197 g/mol. The number of carbonyl (C=O) groups excluding carboxylic acids is 1. The summed E-state index contributed by atoms with van der Waals surface area (Å²) in [6, 6.07) is 0. The lowest BCUT2D eigenvalue weighted by molar-refractivity contribution is 0.111. The molecule has 6 heteroatoms. The first kappa shape index (κ1) is 10.6. The minimum atomic E-state index is -2.87. The van der Waals surface area contributed by atoms with Crippen LogP contribution < -0.4 is 5.73 Å². The largest absolute Gasteiger partial charge is 0.326 e. The van der Waals surface area contributed by atoms with Gasteiger partial charge in [0.2, 0.25) is 0 Å². The van der Waals surface area contributed by atoms with Gasteiger partial charge in [-0.05, 0) is 0 Å². The lowest BCUT2D eigenvalue weighted by Gasteiger charge is -2.08. The number of rotatable bonds is 3. The maximum Gasteiger partial charge on any atom is 0.280 e. The average Bonchev–Trinajstić information content (AvgIpc) is 2.16. The van der Waals surface area contributed by atoms with Gasteiger partial charge in [-0.15, -0.1) is 0 Å². The summed E-state index contributed by atoms with van der Waals surface area (Å²) in [6.45, 7) is -0.349. The molecule has 0 aliphatic rings. The van der Waals surface area contributed by atoms with Crippen LogP contribution in [0, 0.1) is 5.82 Å². The minimum Gasteiger partial charge on any atom is -0.326 e. The SMILES string of the molecule is NCc1c(C(F)F)ncc(F)c1C=O. The highest BCUT2D eigenvalue weighted by atomic mass is 19.3. The van der Waals surface area contributed by atoms with Gasteiger partial charge in [0, 0.05) is 12.1 Å². The van der Waals surface area contributed by atoms with Crippen molar-refractivity contribution in [3.05, 3.63) is 28.8 Å². The highest BCUT2D eigenvalue weighted by molar-refractivity contribution is 5.78. The summed E-state index contributed by atoms with van der Waals surface area (Å²) < 4.78 is 37.5. The van der Waals surface area contributed by atoms with E-state index in [1.54, 1.807) is 0 Å². The Morgan fingerprint density at radius 1 is 1.57 bits per heavy atom. The van der Waals surface area contributed by atoms with Crippen LogP contribution in [-0.4, -0.2) is 11.3 Å². The molecule has 1 rings (SSSR count). The van der Waals surface area contributed by atoms with Gasteiger partial charge in [0.1, 0.15) is 5.69 Å². The van der Waals surface area contributed by atoms with E-state index in [4.69, 9.17) is 5.73 Å². The average molecular weight is 204 g/mol. The summed E-state index contributed by atoms with van der Waals surface area (Å²) in [5, 5.41) is 0. The fourth-order valence-corrected chi connectivity index (χ4v) is 1.09. The molecule has 0 radical (unpaired) electrons. The Balaban J connectivity index is 3.40. The fourth-order valence-electron chi connectivity index (χ4n) is 1.09. The molecule has 0 amide bonds. The molecule has 1 aromatic heterocycles. The molecule has 3 nitrogen and oxygen atoms in total. The molecule has 1 heterocycles. The van der Waals surface area contributed by atoms with Crippen LogP contribution >= 0.6 is 0 Å². The van der Waals surface area contributed by atoms with E-state index >= 15 is 0 Å². The molecule has 0 spiro atoms. The fraction of sp³-hybridized carbons (Fsp3) is 0.250. The number of aromatic nitrogens is 1. The van der Waals surface area contributed by atoms with Crippen LogP contribution in [0.4, 0.5) is 13.2 Å². The highest BCUT2D eigenvalue weighted by Crippen LogP contribution is 2.23. The van der Waals surface area contributed by atoms with Gasteiger partial charge in [0.15, 0.2) is 12.1 Å². The molecule has 1 aromatic rings. The van der Waals surface area contributed by atoms with Gasteiger partial charge in [0.05, 0.1) is 11.8 Å². The molecular formula is C8H7F3N2O. The van der Waals surface area contributed by atoms with Gasteiger partial charge in [-0.25, -0.2) is 13.2 Å². The molecule has 0 saturated carbocycles. The van der Waals surface area contributed by atoms with Crippen LogP contribution in [0.25, 0.3) is 0 Å². The Hall–Kier alpha value is -1.43. The van der Waals surface area contributed by atoms with Crippen LogP contribution in [0.1, 0.15) is 28.0 Å². The Bertz CT molecular complexity index is 355. The van der Waals surface area contributed by atoms with Gasteiger partial charge in [-0.1, -0.05) is 0 Å². The summed E-state index contributed by atoms with van der Waals surface area (Å²) in [4.78, 5) is 13.6. The summed E-state index contributed by atoms with van der Waals surface area (Å²) in [5.41, 5.74) is 3.81. The number of halogens is 3. The maximum absolute atomic E-state index is 12.9. The van der Waals surface area contributed by atoms with Crippen LogP contribution in [0.5, 0.6) is 0 Å². The van der Waals surface area contributed by atoms with E-state index in [0.29, 0.717) is 6.20 Å². The molecule has 76 valence electrons. The second kappa shape index (κ2) is 4.19. The van der Waals surface area contributed by atoms with Gasteiger partial charge < -0.3 is 5.73 Å². The smallest absolute Gasteiger partial charge is 0.280 e. The van der Waals surface area contributed by atoms with Crippen molar-refractivity contribution in [2.24, 2.45) is 5.73 Å². The number of alkyl halides is 2. The first-order valence-electron chi connectivity index (χ1n) is 3.72. The zero-order valence-electron chi connectivity index (χ0n) is 7.01. The lowest BCUT2D eigenvalue weighted by atomic mass is 10.1. The van der Waals surface area contributed by atoms with E-state index in [1.165, 1.54) is 0 Å². The summed E-state index contributed by atoms with van der Waals surface area (Å²) in [7, 11) is 0. The molecule has 14 heavy (non-hydrogen) atoms. The van der Waals surface area contributed by atoms with Crippen molar-refractivity contribution >= 4 is 6.29 Å². The van der Waals surface area contributed by atoms with Crippen LogP contribution in [0.3, 0.4) is 0 Å². The first-order chi connectivity index (χ1) is 6.61. The van der Waals surface area contributed by atoms with Crippen molar-refractivity contribution in [1.82, 2.24) is 4.98 Å². The number of hydrogen-bond acceptors (Lipinski definition) is 3. The normalized spacial score (nSPS) is 10.6. The molecule has 0 unspecified atom stereocenters. The van der Waals surface area contributed by atoms with Crippen molar-refractivity contribution in [2.75, 3.05) is 0 Å². The van der Waals surface area contributed by atoms with E-state index in [-0.39, 0.29) is 18.4 Å². The second-order valence-electron chi connectivity index (χ2n) is 2.51. The third kappa shape index (κ3) is 1.74. The van der Waals surface area contributed by atoms with Crippen LogP contribution in [0.2, 0.25) is 0 Å². The monoisotopic (exact) mass is 204 g/mol. The first-order valence-corrected chi connectivity index (χ1v) is 3.72. The predicted octanol–water partition coefficient (Wildman–Crippen LogP) is 1.43. The lowest BCUT2D eigenvalue weighted by Crippen LogP contribution is -2.10. The molecule has 0 aliphatic heterocycles. The number of carbonyl (C=O) groups is 1. The zero-order chi connectivity index (χ0) is 10.7. The molecule has 0 fully saturated rings. The van der Waals surface area contributed by atoms with Crippen molar-refractivity contribution < 1.29 is 18.0 Å². The Kier molecular flexibility index (Phi) is 3.19. The zero-order valence-corrected chi connectivity index (χ0v) is 7.01. The van der Waals surface area contributed by atoms with Crippen molar-refractivity contribution in [3.8, 4) is 0 Å². The molecule has 0 aromatic carbocycles. The molecule has 0 atom stereocenters. The molecule has 2 N–H and O–H groups in total. The Morgan fingerprint density at radius 3 is 2.64 bits per heavy atom. The highest BCUT2D eigenvalue weighted by Gasteiger charge is 2.19. The second-order valence-corrected chi connectivity index (χ2v) is 2.51. The molecule has 0 saturated heterocycles. The van der Waals surface area contributed by atoms with Gasteiger partial charge in [-0.2, -0.15) is 0 Å². The van der Waals surface area contributed by atoms with Gasteiger partial charge >= 0.3 is 0 Å². The third-order valence-corrected chi connectivity index (χ3v) is 1.74. The van der Waals surface area contributed by atoms with Gasteiger partial charge in [-0.3, -0.25) is 9.78 Å². The number of nitrogens with two attached hydrogens (primary N) is 1. The van der Waals surface area contributed by atoms with E-state index in [1.807, 2.05) is 0 Å². The number of nitrogens with zero attached hydrogens (tertiary/aromatic N) is 1. The third-order valence-electron chi connectivity index (χ3n) is 1.74. The van der Waals surface area contributed by atoms with E-state index < -0.39 is 23.5 Å². The van der Waals surface area contributed by atoms with Gasteiger partial charge in [0.25, 0.3) is 6.43 Å². The minimum absolute atomic E-state index is 0.158. The van der Waals surface area contributed by atoms with E-state index in [2.05, 4.69) is 4.98 Å². The predicted molar refractivity (Wildman–Crippen MR) is 42.4 cm³/mol. The van der Waals surface area contributed by atoms with Crippen LogP contribution in [0.15, 0.2) is 6.20 Å². The Labute approximate surface area is 77.7 Å². The molecule has 0 aliphatic carbocycles. The summed E-state index contributed by atoms with van der Waals surface area (Å²) in [5.74, 6) is -0.940. The molecule has 0 bridgehead atoms. The topological polar surface area (TPSA) is 56.0 Å². The Morgan fingerprint density at radius 2 is 2.21 bits per heavy atom. The van der Waals surface area contributed by atoms with E-state index in [9.17, 15) is 18.0 Å². The van der Waals surface area contributed by atoms with Crippen molar-refractivity contribution in [3.63, 3.8) is 0 Å². The standard InChI is InChI=1S/C8H7F3N2O/c9-6-2-13-7(8(10)11)4(1-12)5(6)3-14/h2-3,8H,1,12H2. The number of aldehydes is 1. The maximum atomic E-state index is 12.9. The van der Waals surface area contributed by atoms with Crippen LogP contribution in [-0.2, 0) is 6.54 Å². The number of hydrogen-bond donors (Lipinski definition) is 1. The summed E-state index contributed by atoms with van der Waals surface area (Å²) in [6.07, 6.45) is -2.12. The quantitative estimate of drug-likeness (QED) is 0.757. The van der Waals surface area contributed by atoms with E-state index in [0.717, 1.165) is 0 Å². The summed E-state index contributed by atoms with van der Waals surface area (Å²) >= 11 is 0. The number of pyridine rings is 1. The van der Waals surface area contributed by atoms with Crippen molar-refractivity contribution in [2.45, 2.75) is 13.0 Å².